The second-order valence-electron chi connectivity index (χ2n) is 4.54. The van der Waals surface area contributed by atoms with Gasteiger partial charge in [0.2, 0.25) is 0 Å². The number of carbonyl (C=O) groups is 1. The quantitative estimate of drug-likeness (QED) is 0.790. The fourth-order valence-electron chi connectivity index (χ4n) is 2.03. The zero-order valence-electron chi connectivity index (χ0n) is 10.3. The molecule has 0 amide bonds. The van der Waals surface area contributed by atoms with Crippen LogP contribution in [0, 0.1) is 0 Å². The summed E-state index contributed by atoms with van der Waals surface area (Å²) < 4.78 is 10.9. The Morgan fingerprint density at radius 1 is 1.50 bits per heavy atom. The third-order valence-electron chi connectivity index (χ3n) is 2.91. The summed E-state index contributed by atoms with van der Waals surface area (Å²) in [5, 5.41) is 12.0. The van der Waals surface area contributed by atoms with Gasteiger partial charge >= 0.3 is 5.97 Å². The number of rotatable bonds is 6. The van der Waals surface area contributed by atoms with Gasteiger partial charge in [0.15, 0.2) is 0 Å². The van der Waals surface area contributed by atoms with Gasteiger partial charge in [-0.1, -0.05) is 12.1 Å². The first-order valence-electron chi connectivity index (χ1n) is 5.83. The van der Waals surface area contributed by atoms with E-state index in [1.165, 1.54) is 0 Å². The Balaban J connectivity index is 2.07. The lowest BCUT2D eigenvalue weighted by atomic mass is 9.92. The lowest BCUT2D eigenvalue weighted by Gasteiger charge is -2.41. The maximum atomic E-state index is 10.8. The molecule has 0 bridgehead atoms. The lowest BCUT2D eigenvalue weighted by molar-refractivity contribution is -0.143. The summed E-state index contributed by atoms with van der Waals surface area (Å²) in [6.45, 7) is 1.64. The molecule has 1 heterocycles. The van der Waals surface area contributed by atoms with Gasteiger partial charge < -0.3 is 19.9 Å². The third-order valence-corrected chi connectivity index (χ3v) is 2.91. The first-order chi connectivity index (χ1) is 8.63. The molecular formula is C13H17NO4. The Morgan fingerprint density at radius 3 is 2.83 bits per heavy atom. The molecular weight excluding hydrogens is 234 g/mol. The fourth-order valence-corrected chi connectivity index (χ4v) is 2.03. The van der Waals surface area contributed by atoms with Crippen molar-refractivity contribution in [2.45, 2.75) is 18.6 Å². The average molecular weight is 251 g/mol. The van der Waals surface area contributed by atoms with Gasteiger partial charge in [-0.3, -0.25) is 4.79 Å². The molecule has 1 fully saturated rings. The Kier molecular flexibility index (Phi) is 3.84. The predicted octanol–water partition coefficient (Wildman–Crippen LogP) is 1.03. The highest BCUT2D eigenvalue weighted by Gasteiger charge is 2.41. The van der Waals surface area contributed by atoms with Crippen LogP contribution in [0.5, 0.6) is 5.75 Å². The van der Waals surface area contributed by atoms with Gasteiger partial charge in [-0.25, -0.2) is 0 Å². The van der Waals surface area contributed by atoms with Crippen LogP contribution in [0.4, 0.5) is 0 Å². The highest BCUT2D eigenvalue weighted by atomic mass is 16.5. The van der Waals surface area contributed by atoms with Crippen molar-refractivity contribution >= 4 is 5.97 Å². The molecule has 0 saturated carbocycles. The van der Waals surface area contributed by atoms with E-state index in [1.54, 1.807) is 7.11 Å². The molecule has 98 valence electrons. The summed E-state index contributed by atoms with van der Waals surface area (Å²) in [4.78, 5) is 10.8. The third kappa shape index (κ3) is 3.00. The van der Waals surface area contributed by atoms with Crippen LogP contribution in [-0.2, 0) is 16.1 Å². The van der Waals surface area contributed by atoms with Crippen molar-refractivity contribution in [2.24, 2.45) is 0 Å². The zero-order chi connectivity index (χ0) is 13.0. The van der Waals surface area contributed by atoms with Gasteiger partial charge in [0.05, 0.1) is 13.0 Å². The standard InChI is InChI=1S/C13H17NO4/c1-17-7-10-3-2-4-11(5-10)18-13(6-12(15)16)8-14-9-13/h2-5,14H,6-9H2,1H3,(H,15,16). The highest BCUT2D eigenvalue weighted by molar-refractivity contribution is 5.68. The summed E-state index contributed by atoms with van der Waals surface area (Å²) in [6, 6.07) is 7.54. The minimum atomic E-state index is -0.843. The minimum absolute atomic E-state index is 0.00844. The van der Waals surface area contributed by atoms with E-state index in [4.69, 9.17) is 14.6 Å². The van der Waals surface area contributed by atoms with Gasteiger partial charge in [-0.15, -0.1) is 0 Å². The molecule has 1 aliphatic heterocycles. The number of hydrogen-bond donors (Lipinski definition) is 2. The molecule has 5 heteroatoms. The van der Waals surface area contributed by atoms with Gasteiger partial charge in [-0.2, -0.15) is 0 Å². The van der Waals surface area contributed by atoms with E-state index >= 15 is 0 Å². The summed E-state index contributed by atoms with van der Waals surface area (Å²) in [5.41, 5.74) is 0.394. The molecule has 0 unspecified atom stereocenters. The van der Waals surface area contributed by atoms with Gasteiger partial charge in [0.1, 0.15) is 11.4 Å². The van der Waals surface area contributed by atoms with Crippen LogP contribution in [-0.4, -0.2) is 36.9 Å². The molecule has 2 rings (SSSR count). The van der Waals surface area contributed by atoms with Crippen molar-refractivity contribution in [1.82, 2.24) is 5.32 Å². The maximum Gasteiger partial charge on any atom is 0.307 e. The molecule has 0 atom stereocenters. The SMILES string of the molecule is COCc1cccc(OC2(CC(=O)O)CNC2)c1. The van der Waals surface area contributed by atoms with E-state index in [1.807, 2.05) is 24.3 Å². The number of ether oxygens (including phenoxy) is 2. The Hall–Kier alpha value is -1.59. The van der Waals surface area contributed by atoms with Crippen molar-refractivity contribution in [3.63, 3.8) is 0 Å². The first kappa shape index (κ1) is 12.9. The number of methoxy groups -OCH3 is 1. The average Bonchev–Trinajstić information content (AvgIpc) is 2.26. The van der Waals surface area contributed by atoms with Crippen LogP contribution in [0.1, 0.15) is 12.0 Å². The van der Waals surface area contributed by atoms with Crippen molar-refractivity contribution in [1.29, 1.82) is 0 Å². The van der Waals surface area contributed by atoms with Crippen LogP contribution in [0.3, 0.4) is 0 Å². The second kappa shape index (κ2) is 5.37. The topological polar surface area (TPSA) is 67.8 Å². The molecule has 5 nitrogen and oxygen atoms in total. The number of hydrogen-bond acceptors (Lipinski definition) is 4. The van der Waals surface area contributed by atoms with Gasteiger partial charge in [0.25, 0.3) is 0 Å². The van der Waals surface area contributed by atoms with Crippen LogP contribution < -0.4 is 10.1 Å². The largest absolute Gasteiger partial charge is 0.484 e. The summed E-state index contributed by atoms with van der Waals surface area (Å²) >= 11 is 0. The molecule has 0 aliphatic carbocycles. The molecule has 1 aromatic carbocycles. The van der Waals surface area contributed by atoms with E-state index in [0.717, 1.165) is 5.56 Å². The number of carboxylic acid groups (broad SMARTS) is 1. The second-order valence-corrected chi connectivity index (χ2v) is 4.54. The smallest absolute Gasteiger partial charge is 0.307 e. The van der Waals surface area contributed by atoms with Gasteiger partial charge in [-0.05, 0) is 17.7 Å². The fraction of sp³-hybridized carbons (Fsp3) is 0.462. The Labute approximate surface area is 106 Å². The van der Waals surface area contributed by atoms with E-state index in [2.05, 4.69) is 5.32 Å². The lowest BCUT2D eigenvalue weighted by Crippen LogP contribution is -2.64. The summed E-state index contributed by atoms with van der Waals surface area (Å²) in [5.74, 6) is -0.156. The van der Waals surface area contributed by atoms with E-state index in [9.17, 15) is 4.79 Å². The van der Waals surface area contributed by atoms with Crippen molar-refractivity contribution in [3.05, 3.63) is 29.8 Å². The molecule has 1 aliphatic rings. The minimum Gasteiger partial charge on any atom is -0.484 e. The normalized spacial score (nSPS) is 16.9. The maximum absolute atomic E-state index is 10.8. The van der Waals surface area contributed by atoms with Crippen LogP contribution in [0.2, 0.25) is 0 Å². The monoisotopic (exact) mass is 251 g/mol. The Bertz CT molecular complexity index is 429. The molecule has 2 N–H and O–H groups in total. The van der Waals surface area contributed by atoms with Crippen LogP contribution in [0.25, 0.3) is 0 Å². The van der Waals surface area contributed by atoms with Crippen molar-refractivity contribution < 1.29 is 19.4 Å². The zero-order valence-corrected chi connectivity index (χ0v) is 10.3. The van der Waals surface area contributed by atoms with E-state index < -0.39 is 11.6 Å². The van der Waals surface area contributed by atoms with Crippen molar-refractivity contribution in [3.8, 4) is 5.75 Å². The Morgan fingerprint density at radius 2 is 2.28 bits per heavy atom. The molecule has 0 radical (unpaired) electrons. The first-order valence-corrected chi connectivity index (χ1v) is 5.83. The van der Waals surface area contributed by atoms with Crippen LogP contribution in [0.15, 0.2) is 24.3 Å². The number of benzene rings is 1. The van der Waals surface area contributed by atoms with E-state index in [0.29, 0.717) is 25.4 Å². The number of nitrogens with one attached hydrogen (secondary N) is 1. The number of carboxylic acids is 1. The highest BCUT2D eigenvalue weighted by Crippen LogP contribution is 2.26. The van der Waals surface area contributed by atoms with Crippen molar-refractivity contribution in [2.75, 3.05) is 20.2 Å². The van der Waals surface area contributed by atoms with Gasteiger partial charge in [0, 0.05) is 20.2 Å². The molecule has 0 aromatic heterocycles. The molecule has 0 spiro atoms. The number of aliphatic carboxylic acids is 1. The summed E-state index contributed by atoms with van der Waals surface area (Å²) in [7, 11) is 1.63. The predicted molar refractivity (Wildman–Crippen MR) is 65.6 cm³/mol. The van der Waals surface area contributed by atoms with E-state index in [-0.39, 0.29) is 6.42 Å². The molecule has 1 aromatic rings. The van der Waals surface area contributed by atoms with Crippen LogP contribution >= 0.6 is 0 Å². The molecule has 1 saturated heterocycles. The summed E-state index contributed by atoms with van der Waals surface area (Å²) in [6.07, 6.45) is 0.00844. The molecule has 18 heavy (non-hydrogen) atoms.